The van der Waals surface area contributed by atoms with E-state index >= 15 is 0 Å². The van der Waals surface area contributed by atoms with Crippen molar-refractivity contribution in [3.8, 4) is 141 Å². The van der Waals surface area contributed by atoms with Crippen LogP contribution in [0, 0.1) is 53.7 Å². The highest BCUT2D eigenvalue weighted by molar-refractivity contribution is 7.28. The zero-order valence-electron chi connectivity index (χ0n) is 44.7. The van der Waals surface area contributed by atoms with E-state index < -0.39 is 0 Å². The molecule has 0 spiro atoms. The van der Waals surface area contributed by atoms with E-state index in [2.05, 4.69) is 213 Å². The van der Waals surface area contributed by atoms with E-state index in [0.717, 1.165) is 77.3 Å². The largest absolute Gasteiger partial charge is 0.527 e. The molecule has 0 bridgehead atoms. The smallest absolute Gasteiger partial charge is 0.226 e. The molecule has 13 aromatic rings. The Morgan fingerprint density at radius 3 is 0.931 bits per heavy atom. The van der Waals surface area contributed by atoms with Crippen molar-refractivity contribution in [1.29, 1.82) is 15.8 Å². The summed E-state index contributed by atoms with van der Waals surface area (Å²) in [5.41, 5.74) is 11.8. The minimum Gasteiger partial charge on any atom is -0.226 e. The van der Waals surface area contributed by atoms with Gasteiger partial charge in [-0.2, -0.15) is 20.2 Å². The lowest BCUT2D eigenvalue weighted by Gasteiger charge is -2.18. The number of thiophene rings is 9. The van der Waals surface area contributed by atoms with E-state index in [4.69, 9.17) is 19.7 Å². The number of nitriles is 3. The minimum atomic E-state index is -0.144. The van der Waals surface area contributed by atoms with Crippen LogP contribution in [0.2, 0.25) is 0 Å². The lowest BCUT2D eigenvalue weighted by molar-refractivity contribution is 1.46. The van der Waals surface area contributed by atoms with Crippen molar-refractivity contribution in [2.75, 3.05) is 0 Å². The van der Waals surface area contributed by atoms with Crippen LogP contribution in [-0.4, -0.2) is 0 Å². The van der Waals surface area contributed by atoms with Crippen molar-refractivity contribution in [3.05, 3.63) is 265 Å². The third-order valence-corrected chi connectivity index (χ3v) is 26.2. The molecule has 0 radical (unpaired) electrons. The number of hydrogen-bond donors (Lipinski definition) is 0. The molecule has 9 heterocycles. The fourth-order valence-electron chi connectivity index (χ4n) is 12.2. The van der Waals surface area contributed by atoms with Gasteiger partial charge in [0.05, 0.1) is 18.2 Å². The summed E-state index contributed by atoms with van der Waals surface area (Å²) in [6.45, 7) is 26.1. The monoisotopic (exact) mass is 1270 g/mol. The van der Waals surface area contributed by atoms with Crippen LogP contribution in [0.5, 0.6) is 0 Å². The molecule has 15 heteroatoms. The molecule has 0 saturated heterocycles. The van der Waals surface area contributed by atoms with Crippen LogP contribution in [0.4, 0.5) is 0 Å². The molecular formula is C72H30N6S9. The summed E-state index contributed by atoms with van der Waals surface area (Å²) in [5, 5.41) is 39.8. The van der Waals surface area contributed by atoms with Gasteiger partial charge in [0.2, 0.25) is 0 Å². The van der Waals surface area contributed by atoms with Crippen molar-refractivity contribution >= 4 is 119 Å². The van der Waals surface area contributed by atoms with Gasteiger partial charge in [0.15, 0.2) is 0 Å². The number of rotatable bonds is 9. The Morgan fingerprint density at radius 2 is 0.609 bits per heavy atom. The first kappa shape index (κ1) is 52.9. The first-order chi connectivity index (χ1) is 42.8. The van der Waals surface area contributed by atoms with Gasteiger partial charge in [0, 0.05) is 89.9 Å². The molecule has 0 amide bonds. The molecule has 6 nitrogen and oxygen atoms in total. The van der Waals surface area contributed by atoms with Crippen LogP contribution >= 0.6 is 102 Å². The summed E-state index contributed by atoms with van der Waals surface area (Å²) in [7, 11) is 0. The fraction of sp³-hybridized carbons (Fsp3) is 0. The van der Waals surface area contributed by atoms with E-state index in [1.807, 2.05) is 0 Å². The number of benzene rings is 4. The maximum absolute atomic E-state index is 11.2. The SMILES string of the molecule is [C-]#[N+]C([N+]#[C-])=C1c2cc(-c3ccc(-c4ccc(-c5cccs5)s4)s3)ccc2-c2c3c(c4c(c21)-c1ccc(-c2ccc(-c5ccc(-c6cccs6)s5)s2)cc1/C4=C(/C#N)[N+]#[C-])-c1ccc(-c2ccc(-c4ccc(-c5cccs5)s4)s2)cc1C3=C(C#N)C#N. The first-order valence-electron chi connectivity index (χ1n) is 26.8. The number of fused-ring (bicyclic) bond motifs is 12. The van der Waals surface area contributed by atoms with Gasteiger partial charge in [0.25, 0.3) is 5.70 Å². The van der Waals surface area contributed by atoms with Crippen molar-refractivity contribution < 1.29 is 0 Å². The van der Waals surface area contributed by atoms with Crippen molar-refractivity contribution in [2.24, 2.45) is 0 Å². The fourth-order valence-corrected chi connectivity index (χ4v) is 21.0. The van der Waals surface area contributed by atoms with E-state index in [1.165, 1.54) is 29.3 Å². The Bertz CT molecular complexity index is 4870. The second-order valence-corrected chi connectivity index (χ2v) is 29.6. The van der Waals surface area contributed by atoms with Gasteiger partial charge >= 0.3 is 5.82 Å². The molecule has 16 rings (SSSR count). The Kier molecular flexibility index (Phi) is 12.8. The summed E-state index contributed by atoms with van der Waals surface area (Å²) in [6.07, 6.45) is 0. The molecule has 9 aromatic heterocycles. The Labute approximate surface area is 535 Å². The second kappa shape index (κ2) is 21.1. The molecule has 0 unspecified atom stereocenters. The van der Waals surface area contributed by atoms with E-state index in [1.54, 1.807) is 102 Å². The predicted molar refractivity (Wildman–Crippen MR) is 367 cm³/mol. The topological polar surface area (TPSA) is 84.4 Å². The molecule has 0 atom stereocenters. The summed E-state index contributed by atoms with van der Waals surface area (Å²) < 4.78 is 0. The molecule has 4 aromatic carbocycles. The zero-order chi connectivity index (χ0) is 58.6. The van der Waals surface area contributed by atoms with Crippen molar-refractivity contribution in [1.82, 2.24) is 0 Å². The number of nitrogens with zero attached hydrogens (tertiary/aromatic N) is 6. The van der Waals surface area contributed by atoms with Crippen LogP contribution in [0.1, 0.15) is 33.4 Å². The average molecular weight is 1270 g/mol. The van der Waals surface area contributed by atoms with Crippen LogP contribution in [-0.2, 0) is 0 Å². The maximum Gasteiger partial charge on any atom is 0.527 e. The van der Waals surface area contributed by atoms with Crippen LogP contribution < -0.4 is 0 Å². The molecule has 0 saturated carbocycles. The highest BCUT2D eigenvalue weighted by Gasteiger charge is 2.46. The van der Waals surface area contributed by atoms with Gasteiger partial charge in [-0.3, -0.25) is 0 Å². The van der Waals surface area contributed by atoms with Crippen LogP contribution in [0.25, 0.3) is 154 Å². The van der Waals surface area contributed by atoms with Gasteiger partial charge in [-0.05, 0) is 203 Å². The number of hydrogen-bond acceptors (Lipinski definition) is 12. The summed E-state index contributed by atoms with van der Waals surface area (Å²) >= 11 is 15.4. The Balaban J connectivity index is 0.920. The number of allylic oxidation sites excluding steroid dienone is 2. The normalized spacial score (nSPS) is 12.6. The Morgan fingerprint density at radius 1 is 0.299 bits per heavy atom. The third-order valence-electron chi connectivity index (χ3n) is 15.8. The van der Waals surface area contributed by atoms with Crippen LogP contribution in [0.15, 0.2) is 197 Å². The van der Waals surface area contributed by atoms with Crippen molar-refractivity contribution in [2.45, 2.75) is 0 Å². The van der Waals surface area contributed by atoms with E-state index in [9.17, 15) is 15.8 Å². The van der Waals surface area contributed by atoms with Gasteiger partial charge in [-0.25, -0.2) is 10.1 Å². The molecule has 87 heavy (non-hydrogen) atoms. The van der Waals surface area contributed by atoms with Crippen LogP contribution in [0.3, 0.4) is 0 Å². The van der Waals surface area contributed by atoms with Crippen molar-refractivity contribution in [3.63, 3.8) is 0 Å². The molecule has 3 aliphatic carbocycles. The highest BCUT2D eigenvalue weighted by atomic mass is 32.1. The summed E-state index contributed by atoms with van der Waals surface area (Å²) in [4.78, 5) is 29.0. The third kappa shape index (κ3) is 8.38. The first-order valence-corrected chi connectivity index (χ1v) is 34.4. The molecule has 0 N–H and O–H groups in total. The zero-order valence-corrected chi connectivity index (χ0v) is 52.0. The summed E-state index contributed by atoms with van der Waals surface area (Å²) in [5.74, 6) is -0.144. The molecule has 0 aliphatic heterocycles. The average Bonchev–Trinajstić information content (AvgIpc) is 1.51. The quantitative estimate of drug-likeness (QED) is 0.107. The lowest BCUT2D eigenvalue weighted by Crippen LogP contribution is -1.99. The highest BCUT2D eigenvalue weighted by Crippen LogP contribution is 2.66. The van der Waals surface area contributed by atoms with Gasteiger partial charge < -0.3 is 0 Å². The second-order valence-electron chi connectivity index (χ2n) is 20.3. The lowest BCUT2D eigenvalue weighted by atomic mass is 9.83. The molecule has 402 valence electrons. The van der Waals surface area contributed by atoms with Gasteiger partial charge in [-0.15, -0.1) is 102 Å². The van der Waals surface area contributed by atoms with Gasteiger partial charge in [0.1, 0.15) is 30.9 Å². The molecular weight excluding hydrogens is 1240 g/mol. The Hall–Kier alpha value is -9.66. The van der Waals surface area contributed by atoms with Gasteiger partial charge in [-0.1, -0.05) is 54.6 Å². The molecule has 3 aliphatic rings. The van der Waals surface area contributed by atoms with E-state index in [-0.39, 0.29) is 17.1 Å². The molecule has 0 fully saturated rings. The maximum atomic E-state index is 11.2. The standard InChI is InChI=1S/C72H30N6S9/c1-76-47(36-75)64-45-32-38(49-17-20-58(83-49)61-26-23-55(86-61)52-8-5-29-80-52)11-14-42(45)67-70(64)65-41-13-10-37(48-16-19-57(82-48)60-25-22-54(85-60)51-7-4-28-79-51)31-44(41)63(40(34-73)35-74)69(65)66-43-15-12-39(33-46(43)68(71(66)67)72(77-2)78-3)50-18-21-59(84-50)62-27-24-56(87-62)53-9-6-30-81-53/h4-33H/b64-47+. The van der Waals surface area contributed by atoms with E-state index in [0.29, 0.717) is 66.8 Å². The minimum absolute atomic E-state index is 0.107. The summed E-state index contributed by atoms with van der Waals surface area (Å²) in [6, 6.07) is 63.9. The predicted octanol–water partition coefficient (Wildman–Crippen LogP) is 23.8.